The average Bonchev–Trinajstić information content (AvgIpc) is 3.17. The van der Waals surface area contributed by atoms with E-state index in [1.165, 1.54) is 0 Å². The predicted molar refractivity (Wildman–Crippen MR) is 191 cm³/mol. The molecule has 0 aliphatic heterocycles. The van der Waals surface area contributed by atoms with E-state index in [4.69, 9.17) is 5.73 Å². The second kappa shape index (κ2) is 32.4. The first kappa shape index (κ1) is 73.2. The van der Waals surface area contributed by atoms with E-state index < -0.39 is 153 Å². The molecule has 4 aromatic carbocycles. The number of nitrogens with two attached hydrogens (primary N) is 1. The van der Waals surface area contributed by atoms with Gasteiger partial charge < -0.3 is 50.3 Å². The third kappa shape index (κ3) is 20.6. The van der Waals surface area contributed by atoms with E-state index in [-0.39, 0.29) is 202 Å². The van der Waals surface area contributed by atoms with Gasteiger partial charge in [-0.3, -0.25) is 18.4 Å². The maximum absolute atomic E-state index is 12.9. The molecule has 28 nitrogen and oxygen atoms in total. The fourth-order valence-electron chi connectivity index (χ4n) is 4.83. The molecule has 0 radical (unpaired) electrons. The first-order valence-electron chi connectivity index (χ1n) is 15.5. The minimum absolute atomic E-state index is 0. The van der Waals surface area contributed by atoms with Crippen molar-refractivity contribution in [3.8, 4) is 5.75 Å². The van der Waals surface area contributed by atoms with Gasteiger partial charge in [0.1, 0.15) is 21.5 Å². The molecule has 4 aromatic rings. The van der Waals surface area contributed by atoms with E-state index in [2.05, 4.69) is 47.6 Å². The summed E-state index contributed by atoms with van der Waals surface area (Å²) in [7, 11) is -19.8. The van der Waals surface area contributed by atoms with Crippen molar-refractivity contribution in [2.45, 2.75) is 19.6 Å². The van der Waals surface area contributed by atoms with Gasteiger partial charge in [-0.2, -0.15) is 4.33 Å². The van der Waals surface area contributed by atoms with E-state index in [0.29, 0.717) is 30.3 Å². The number of aromatic hydroxyl groups is 1. The number of fused-ring (bicyclic) bond motifs is 1. The molecule has 0 atom stereocenters. The van der Waals surface area contributed by atoms with Crippen molar-refractivity contribution in [2.24, 2.45) is 20.5 Å². The SMILES string of the molecule is Nc1c(N=Nc2cc(S(=O)(=O)CCOS(=O)(=O)[O-])ccc2C(=O)[O-])c(S(=O)(=O)[O-])cc2cc(SOO[O-])c(N=Nc3cc(S(=O)(=O)CCOSOO[O-])ccc3C(=O)[O-])c(O)c12.[Na+].[Na+].[Na+].[Na+].[Na+].[Na+]. The number of phenols is 1. The third-order valence-corrected chi connectivity index (χ3v) is 13.1. The second-order valence-electron chi connectivity index (χ2n) is 11.2. The number of carbonyl (C=O) groups excluding carboxylic acids is 2. The van der Waals surface area contributed by atoms with Crippen LogP contribution in [0.5, 0.6) is 5.75 Å². The zero-order valence-electron chi connectivity index (χ0n) is 35.7. The van der Waals surface area contributed by atoms with Crippen LogP contribution in [0.15, 0.2) is 88.6 Å². The summed E-state index contributed by atoms with van der Waals surface area (Å²) < 4.78 is 138. The topological polar surface area (TPSA) is 460 Å². The van der Waals surface area contributed by atoms with Gasteiger partial charge in [-0.25, -0.2) is 33.7 Å². The van der Waals surface area contributed by atoms with Crippen LogP contribution in [0, 0.1) is 0 Å². The molecule has 0 saturated heterocycles. The van der Waals surface area contributed by atoms with Gasteiger partial charge in [0.25, 0.3) is 0 Å². The minimum atomic E-state index is -5.65. The molecule has 0 spiro atoms. The van der Waals surface area contributed by atoms with Crippen LogP contribution < -0.4 is 204 Å². The first-order chi connectivity index (χ1) is 28.9. The molecule has 0 fully saturated rings. The normalized spacial score (nSPS) is 11.6. The number of azo groups is 2. The Morgan fingerprint density at radius 3 is 1.57 bits per heavy atom. The number of hydrogen-bond acceptors (Lipinski definition) is 30. The van der Waals surface area contributed by atoms with Crippen molar-refractivity contribution in [2.75, 3.05) is 30.5 Å². The molecule has 0 unspecified atom stereocenters. The van der Waals surface area contributed by atoms with Gasteiger partial charge in [-0.05, 0) is 53.9 Å². The number of benzene rings is 4. The fraction of sp³-hybridized carbons (Fsp3) is 0.143. The number of anilines is 1. The van der Waals surface area contributed by atoms with Crippen molar-refractivity contribution in [1.82, 2.24) is 0 Å². The summed E-state index contributed by atoms with van der Waals surface area (Å²) in [5.74, 6) is -6.92. The van der Waals surface area contributed by atoms with Crippen LogP contribution in [0.2, 0.25) is 0 Å². The summed E-state index contributed by atoms with van der Waals surface area (Å²) in [6.07, 6.45) is 0. The van der Waals surface area contributed by atoms with Crippen molar-refractivity contribution in [1.29, 1.82) is 0 Å². The number of sulfone groups is 2. The Kier molecular flexibility index (Phi) is 34.9. The molecule has 336 valence electrons. The van der Waals surface area contributed by atoms with Gasteiger partial charge >= 0.3 is 177 Å². The van der Waals surface area contributed by atoms with Gasteiger partial charge in [0.15, 0.2) is 37.7 Å². The minimum Gasteiger partial charge on any atom is -0.744 e. The Morgan fingerprint density at radius 1 is 0.662 bits per heavy atom. The van der Waals surface area contributed by atoms with Gasteiger partial charge in [0.05, 0.1) is 90.7 Å². The largest absolute Gasteiger partial charge is 1.00 e. The van der Waals surface area contributed by atoms with Crippen LogP contribution in [0.3, 0.4) is 0 Å². The zero-order chi connectivity index (χ0) is 46.2. The van der Waals surface area contributed by atoms with Gasteiger partial charge in [0.2, 0.25) is 10.4 Å². The number of nitrogen functional groups attached to an aromatic ring is 1. The Bertz CT molecular complexity index is 2940. The fourth-order valence-corrected chi connectivity index (χ4v) is 8.91. The number of carboxylic acid groups (broad SMARTS) is 2. The first-order valence-corrected chi connectivity index (χ1v) is 22.9. The number of aromatic carboxylic acids is 2. The van der Waals surface area contributed by atoms with Crippen LogP contribution in [-0.2, 0) is 67.3 Å². The molecule has 0 aromatic heterocycles. The van der Waals surface area contributed by atoms with Gasteiger partial charge in [-0.15, -0.1) is 24.8 Å². The molecular formula is C28H19N5Na6O23S6. The van der Waals surface area contributed by atoms with Gasteiger partial charge in [-0.1, -0.05) is 0 Å². The zero-order valence-corrected chi connectivity index (χ0v) is 52.6. The summed E-state index contributed by atoms with van der Waals surface area (Å²) in [4.78, 5) is 20.7. The van der Waals surface area contributed by atoms with Crippen LogP contribution in [0.4, 0.5) is 28.4 Å². The molecule has 68 heavy (non-hydrogen) atoms. The van der Waals surface area contributed by atoms with E-state index in [1.54, 1.807) is 0 Å². The standard InChI is InChI=1S/C28H25N5O23S6.6Na/c29-23-22-13(10-21(61(45,46)47)25(23)33-31-19-12-15(2-4-17(19)28(37)38)60(43,44)8-6-52-62(48,49)50)9-20(57-55-53-39)24(26(22)34)32-30-18-11-14(1-3-16(18)27(35)36)59(41,42)7-5-51-58-56-54-40;;;;;;/h1-4,9-12,34,39-40H,5-8,29H2,(H,35,36)(H,37,38)(H,45,46,47)(H,48,49,50);;;;;;/q;6*+1/p-6. The summed E-state index contributed by atoms with van der Waals surface area (Å²) >= 11 is -0.00675. The quantitative estimate of drug-likeness (QED) is 0.00849. The molecule has 4 rings (SSSR count). The van der Waals surface area contributed by atoms with E-state index >= 15 is 0 Å². The molecule has 0 aliphatic rings. The Labute approximate surface area is 525 Å². The number of phenolic OH excluding ortho intramolecular Hbond substituents is 1. The Morgan fingerprint density at radius 2 is 1.13 bits per heavy atom. The Hall–Kier alpha value is 0.980. The van der Waals surface area contributed by atoms with E-state index in [9.17, 15) is 78.2 Å². The van der Waals surface area contributed by atoms with Crippen molar-refractivity contribution >= 4 is 116 Å². The van der Waals surface area contributed by atoms with Crippen LogP contribution in [0.1, 0.15) is 20.7 Å². The molecule has 0 amide bonds. The second-order valence-corrected chi connectivity index (χ2v) is 19.1. The van der Waals surface area contributed by atoms with Crippen molar-refractivity contribution in [3.05, 3.63) is 59.7 Å². The predicted octanol–water partition coefficient (Wildman–Crippen LogP) is -19.3. The molecule has 0 aliphatic carbocycles. The molecule has 0 heterocycles. The molecule has 0 saturated carbocycles. The third-order valence-electron chi connectivity index (χ3n) is 7.47. The van der Waals surface area contributed by atoms with Gasteiger partial charge in [0, 0.05) is 11.1 Å². The number of nitrogens with zero attached hydrogens (tertiary/aromatic N) is 4. The molecule has 40 heteroatoms. The monoisotopic (exact) mass is 1120 g/mol. The summed E-state index contributed by atoms with van der Waals surface area (Å²) in [6.45, 7) is -1.74. The Balaban J connectivity index is -0.00000704. The van der Waals surface area contributed by atoms with Crippen LogP contribution >= 0.6 is 24.4 Å². The molecular weight excluding hydrogens is 1100 g/mol. The van der Waals surface area contributed by atoms with E-state index in [0.717, 1.165) is 18.2 Å². The number of carboxylic acids is 2. The number of carbonyl (C=O) groups is 2. The summed E-state index contributed by atoms with van der Waals surface area (Å²) in [5.41, 5.74) is 0.0845. The smallest absolute Gasteiger partial charge is 0.744 e. The maximum Gasteiger partial charge on any atom is 1.00 e. The van der Waals surface area contributed by atoms with Crippen molar-refractivity contribution in [3.63, 3.8) is 0 Å². The number of hydrogen-bond donors (Lipinski definition) is 2. The molecule has 3 N–H and O–H groups in total. The average molecular weight is 1120 g/mol. The molecule has 0 bridgehead atoms. The van der Waals surface area contributed by atoms with Crippen LogP contribution in [0.25, 0.3) is 10.8 Å². The summed E-state index contributed by atoms with van der Waals surface area (Å²) in [6, 6.07) is 5.65. The number of rotatable bonds is 22. The van der Waals surface area contributed by atoms with Crippen molar-refractivity contribution < 1.29 is 283 Å². The summed E-state index contributed by atoms with van der Waals surface area (Å²) in [5, 5.41) is 75.6. The maximum atomic E-state index is 12.9. The van der Waals surface area contributed by atoms with Crippen LogP contribution in [-0.4, -0.2) is 84.5 Å². The van der Waals surface area contributed by atoms with E-state index in [1.807, 2.05) is 0 Å².